The van der Waals surface area contributed by atoms with Gasteiger partial charge in [0.25, 0.3) is 0 Å². The lowest BCUT2D eigenvalue weighted by atomic mass is 10.1. The van der Waals surface area contributed by atoms with E-state index in [1.165, 1.54) is 5.56 Å². The lowest BCUT2D eigenvalue weighted by Crippen LogP contribution is -2.44. The summed E-state index contributed by atoms with van der Waals surface area (Å²) >= 11 is 0. The summed E-state index contributed by atoms with van der Waals surface area (Å²) in [7, 11) is 2.14. The summed E-state index contributed by atoms with van der Waals surface area (Å²) in [5.74, 6) is 2.01. The predicted molar refractivity (Wildman–Crippen MR) is 71.8 cm³/mol. The van der Waals surface area contributed by atoms with Crippen LogP contribution in [-0.4, -0.2) is 44.3 Å². The van der Waals surface area contributed by atoms with Gasteiger partial charge in [-0.2, -0.15) is 0 Å². The number of rotatable bonds is 4. The molecule has 1 fully saturated rings. The molecule has 1 saturated heterocycles. The smallest absolute Gasteiger partial charge is 0.105 e. The van der Waals surface area contributed by atoms with Crippen molar-refractivity contribution in [1.29, 1.82) is 0 Å². The van der Waals surface area contributed by atoms with Crippen LogP contribution < -0.4 is 5.32 Å². The Bertz CT molecular complexity index is 383. The second-order valence-corrected chi connectivity index (χ2v) is 5.18. The summed E-state index contributed by atoms with van der Waals surface area (Å²) < 4.78 is 11.3. The number of hydrogen-bond acceptors (Lipinski definition) is 4. The molecule has 4 nitrogen and oxygen atoms in total. The molecule has 2 heterocycles. The Morgan fingerprint density at radius 2 is 2.28 bits per heavy atom. The van der Waals surface area contributed by atoms with Crippen molar-refractivity contribution >= 4 is 0 Å². The van der Waals surface area contributed by atoms with Crippen molar-refractivity contribution in [2.45, 2.75) is 32.9 Å². The fourth-order valence-electron chi connectivity index (χ4n) is 2.52. The van der Waals surface area contributed by atoms with E-state index < -0.39 is 0 Å². The Kier molecular flexibility index (Phi) is 4.43. The first-order valence-corrected chi connectivity index (χ1v) is 6.67. The van der Waals surface area contributed by atoms with Crippen LogP contribution in [0.3, 0.4) is 0 Å². The first kappa shape index (κ1) is 13.6. The first-order chi connectivity index (χ1) is 8.58. The molecule has 0 amide bonds. The highest BCUT2D eigenvalue weighted by molar-refractivity contribution is 5.23. The first-order valence-electron chi connectivity index (χ1n) is 6.67. The molecule has 1 N–H and O–H groups in total. The van der Waals surface area contributed by atoms with Crippen molar-refractivity contribution in [3.8, 4) is 0 Å². The average Bonchev–Trinajstić information content (AvgIpc) is 2.68. The maximum atomic E-state index is 5.74. The molecule has 1 aromatic rings. The summed E-state index contributed by atoms with van der Waals surface area (Å²) in [4.78, 5) is 2.33. The van der Waals surface area contributed by atoms with Crippen molar-refractivity contribution in [2.75, 3.05) is 33.3 Å². The molecule has 0 saturated carbocycles. The van der Waals surface area contributed by atoms with Crippen LogP contribution in [0.4, 0.5) is 0 Å². The highest BCUT2D eigenvalue weighted by atomic mass is 16.5. The molecular weight excluding hydrogens is 228 g/mol. The number of ether oxygens (including phenoxy) is 1. The van der Waals surface area contributed by atoms with Gasteiger partial charge in [-0.1, -0.05) is 0 Å². The number of hydrogen-bond donors (Lipinski definition) is 1. The van der Waals surface area contributed by atoms with Crippen LogP contribution in [0.5, 0.6) is 0 Å². The van der Waals surface area contributed by atoms with Crippen LogP contribution >= 0.6 is 0 Å². The highest BCUT2D eigenvalue weighted by Gasteiger charge is 2.21. The van der Waals surface area contributed by atoms with Crippen LogP contribution in [0.1, 0.15) is 30.0 Å². The van der Waals surface area contributed by atoms with Gasteiger partial charge >= 0.3 is 0 Å². The molecule has 1 aliphatic rings. The van der Waals surface area contributed by atoms with E-state index in [0.717, 1.165) is 37.8 Å². The normalized spacial score (nSPS) is 22.4. The molecule has 2 rings (SSSR count). The molecule has 0 spiro atoms. The van der Waals surface area contributed by atoms with Gasteiger partial charge < -0.3 is 14.5 Å². The van der Waals surface area contributed by atoms with E-state index in [2.05, 4.69) is 30.3 Å². The molecule has 0 aromatic carbocycles. The Balaban J connectivity index is 1.95. The molecule has 0 aliphatic carbocycles. The minimum atomic E-state index is 0.291. The molecule has 0 radical (unpaired) electrons. The standard InChI is InChI=1S/C14H24N2O2/c1-10-7-14(12(3)18-10)11(2)16(4)9-13-8-15-5-6-17-13/h7,11,13,15H,5-6,8-9H2,1-4H3. The third-order valence-corrected chi connectivity index (χ3v) is 3.69. The quantitative estimate of drug-likeness (QED) is 0.888. The lowest BCUT2D eigenvalue weighted by molar-refractivity contribution is 0.00384. The van der Waals surface area contributed by atoms with Crippen LogP contribution in [0.15, 0.2) is 10.5 Å². The molecular formula is C14H24N2O2. The Labute approximate surface area is 109 Å². The zero-order valence-corrected chi connectivity index (χ0v) is 11.8. The van der Waals surface area contributed by atoms with Gasteiger partial charge in [0.15, 0.2) is 0 Å². The fraction of sp³-hybridized carbons (Fsp3) is 0.714. The molecule has 2 unspecified atom stereocenters. The van der Waals surface area contributed by atoms with E-state index in [1.54, 1.807) is 0 Å². The zero-order valence-electron chi connectivity index (χ0n) is 11.8. The highest BCUT2D eigenvalue weighted by Crippen LogP contribution is 2.25. The van der Waals surface area contributed by atoms with E-state index in [4.69, 9.17) is 9.15 Å². The van der Waals surface area contributed by atoms with E-state index in [9.17, 15) is 0 Å². The van der Waals surface area contributed by atoms with Gasteiger partial charge in [-0.15, -0.1) is 0 Å². The zero-order chi connectivity index (χ0) is 13.1. The van der Waals surface area contributed by atoms with E-state index in [0.29, 0.717) is 12.1 Å². The molecule has 4 heteroatoms. The van der Waals surface area contributed by atoms with Crippen molar-refractivity contribution in [1.82, 2.24) is 10.2 Å². The van der Waals surface area contributed by atoms with Gasteiger partial charge in [0, 0.05) is 31.2 Å². The van der Waals surface area contributed by atoms with Gasteiger partial charge in [0.05, 0.1) is 12.7 Å². The van der Waals surface area contributed by atoms with Crippen LogP contribution in [0.25, 0.3) is 0 Å². The SMILES string of the molecule is Cc1cc(C(C)N(C)CC2CNCCO2)c(C)o1. The molecule has 2 atom stereocenters. The molecule has 1 aromatic heterocycles. The van der Waals surface area contributed by atoms with Gasteiger partial charge in [-0.05, 0) is 33.9 Å². The van der Waals surface area contributed by atoms with Crippen LogP contribution in [0.2, 0.25) is 0 Å². The lowest BCUT2D eigenvalue weighted by Gasteiger charge is -2.31. The number of morpholine rings is 1. The largest absolute Gasteiger partial charge is 0.466 e. The maximum absolute atomic E-state index is 5.74. The topological polar surface area (TPSA) is 37.6 Å². The number of nitrogens with zero attached hydrogens (tertiary/aromatic N) is 1. The van der Waals surface area contributed by atoms with E-state index in [-0.39, 0.29) is 0 Å². The Morgan fingerprint density at radius 1 is 1.50 bits per heavy atom. The van der Waals surface area contributed by atoms with E-state index in [1.807, 2.05) is 13.8 Å². The molecule has 0 bridgehead atoms. The minimum Gasteiger partial charge on any atom is -0.466 e. The average molecular weight is 252 g/mol. The molecule has 1 aliphatic heterocycles. The van der Waals surface area contributed by atoms with Crippen LogP contribution in [-0.2, 0) is 4.74 Å². The summed E-state index contributed by atoms with van der Waals surface area (Å²) in [6.07, 6.45) is 0.291. The maximum Gasteiger partial charge on any atom is 0.105 e. The fourth-order valence-corrected chi connectivity index (χ4v) is 2.52. The van der Waals surface area contributed by atoms with Crippen molar-refractivity contribution in [3.05, 3.63) is 23.2 Å². The third kappa shape index (κ3) is 3.13. The summed E-state index contributed by atoms with van der Waals surface area (Å²) in [6, 6.07) is 2.49. The number of likely N-dealkylation sites (N-methyl/N-ethyl adjacent to an activating group) is 1. The van der Waals surface area contributed by atoms with Gasteiger partial charge in [0.1, 0.15) is 11.5 Å². The van der Waals surface area contributed by atoms with Crippen molar-refractivity contribution < 1.29 is 9.15 Å². The van der Waals surface area contributed by atoms with E-state index >= 15 is 0 Å². The van der Waals surface area contributed by atoms with Crippen molar-refractivity contribution in [3.63, 3.8) is 0 Å². The number of nitrogens with one attached hydrogen (secondary N) is 1. The molecule has 18 heavy (non-hydrogen) atoms. The summed E-state index contributed by atoms with van der Waals surface area (Å²) in [6.45, 7) is 9.92. The number of aryl methyl sites for hydroxylation is 2. The monoisotopic (exact) mass is 252 g/mol. The number of furan rings is 1. The van der Waals surface area contributed by atoms with Gasteiger partial charge in [0.2, 0.25) is 0 Å². The van der Waals surface area contributed by atoms with Gasteiger partial charge in [-0.25, -0.2) is 0 Å². The second-order valence-electron chi connectivity index (χ2n) is 5.18. The van der Waals surface area contributed by atoms with Crippen LogP contribution in [0, 0.1) is 13.8 Å². The Hall–Kier alpha value is -0.840. The molecule has 102 valence electrons. The predicted octanol–water partition coefficient (Wildman–Crippen LogP) is 1.88. The minimum absolute atomic E-state index is 0.291. The van der Waals surface area contributed by atoms with Gasteiger partial charge in [-0.3, -0.25) is 4.90 Å². The third-order valence-electron chi connectivity index (χ3n) is 3.69. The summed E-state index contributed by atoms with van der Waals surface area (Å²) in [5, 5.41) is 3.36. The second kappa shape index (κ2) is 5.87. The summed E-state index contributed by atoms with van der Waals surface area (Å²) in [5.41, 5.74) is 1.28. The van der Waals surface area contributed by atoms with Crippen molar-refractivity contribution in [2.24, 2.45) is 0 Å². The Morgan fingerprint density at radius 3 is 2.83 bits per heavy atom.